The number of ether oxygens (including phenoxy) is 2. The summed E-state index contributed by atoms with van der Waals surface area (Å²) < 4.78 is 11.3. The van der Waals surface area contributed by atoms with Gasteiger partial charge in [0.1, 0.15) is 11.2 Å². The zero-order chi connectivity index (χ0) is 45.4. The highest BCUT2D eigenvalue weighted by Crippen LogP contribution is 2.37. The summed E-state index contributed by atoms with van der Waals surface area (Å²) in [7, 11) is 7.06. The lowest BCUT2D eigenvalue weighted by Gasteiger charge is -2.26. The van der Waals surface area contributed by atoms with E-state index in [1.165, 1.54) is 11.3 Å². The number of thiophene rings is 1. The highest BCUT2D eigenvalue weighted by molar-refractivity contribution is 7.15. The van der Waals surface area contributed by atoms with Crippen LogP contribution < -0.4 is 0 Å². The maximum absolute atomic E-state index is 14.2. The minimum absolute atomic E-state index is 0.187. The Balaban J connectivity index is 1.13. The van der Waals surface area contributed by atoms with E-state index >= 15 is 0 Å². The number of rotatable bonds is 10. The van der Waals surface area contributed by atoms with E-state index < -0.39 is 23.4 Å². The van der Waals surface area contributed by atoms with E-state index in [0.717, 1.165) is 65.3 Å². The number of nitrogens with zero attached hydrogens (tertiary/aromatic N) is 4. The van der Waals surface area contributed by atoms with E-state index in [9.17, 15) is 19.2 Å². The molecular formula is C52H56N4O6S. The molecule has 0 bridgehead atoms. The second kappa shape index (κ2) is 17.7. The molecule has 6 aromatic carbocycles. The van der Waals surface area contributed by atoms with Gasteiger partial charge in [0.2, 0.25) is 0 Å². The number of hydrogen-bond donors (Lipinski definition) is 0. The minimum atomic E-state index is -0.619. The molecule has 63 heavy (non-hydrogen) atoms. The molecule has 0 atom stereocenters. The van der Waals surface area contributed by atoms with Crippen LogP contribution in [0.5, 0.6) is 0 Å². The maximum atomic E-state index is 14.2. The summed E-state index contributed by atoms with van der Waals surface area (Å²) >= 11 is 1.19. The van der Waals surface area contributed by atoms with E-state index in [2.05, 4.69) is 48.5 Å². The van der Waals surface area contributed by atoms with Crippen molar-refractivity contribution in [1.82, 2.24) is 19.6 Å². The number of hydrogen-bond acceptors (Lipinski definition) is 7. The van der Waals surface area contributed by atoms with E-state index in [0.29, 0.717) is 35.9 Å². The number of amides is 4. The molecule has 1 heterocycles. The fraction of sp³-hybridized carbons (Fsp3) is 0.308. The molecule has 7 rings (SSSR count). The van der Waals surface area contributed by atoms with Crippen LogP contribution >= 0.6 is 11.3 Å². The molecule has 0 aliphatic rings. The molecule has 0 fully saturated rings. The van der Waals surface area contributed by atoms with Gasteiger partial charge in [0.15, 0.2) is 0 Å². The summed E-state index contributed by atoms with van der Waals surface area (Å²) in [6, 6.07) is 35.9. The molecule has 0 unspecified atom stereocenters. The Morgan fingerprint density at radius 2 is 0.619 bits per heavy atom. The van der Waals surface area contributed by atoms with Crippen LogP contribution in [-0.4, -0.2) is 83.0 Å². The second-order valence-electron chi connectivity index (χ2n) is 18.3. The number of benzene rings is 6. The Bertz CT molecular complexity index is 2580. The molecule has 11 heteroatoms. The van der Waals surface area contributed by atoms with Crippen molar-refractivity contribution in [2.24, 2.45) is 0 Å². The normalized spacial score (nSPS) is 11.8. The van der Waals surface area contributed by atoms with Gasteiger partial charge in [-0.2, -0.15) is 0 Å². The van der Waals surface area contributed by atoms with Crippen LogP contribution in [0.3, 0.4) is 0 Å². The first-order chi connectivity index (χ1) is 29.8. The van der Waals surface area contributed by atoms with E-state index in [1.807, 2.05) is 90.1 Å². The first-order valence-electron chi connectivity index (χ1n) is 21.1. The fourth-order valence-corrected chi connectivity index (χ4v) is 9.14. The Morgan fingerprint density at radius 1 is 0.397 bits per heavy atom. The average molecular weight is 865 g/mol. The Kier molecular flexibility index (Phi) is 12.5. The Hall–Kier alpha value is -6.46. The van der Waals surface area contributed by atoms with Gasteiger partial charge in [0.25, 0.3) is 11.8 Å². The average Bonchev–Trinajstić information content (AvgIpc) is 3.74. The van der Waals surface area contributed by atoms with Crippen molar-refractivity contribution in [2.45, 2.75) is 78.9 Å². The highest BCUT2D eigenvalue weighted by atomic mass is 32.1. The van der Waals surface area contributed by atoms with E-state index in [1.54, 1.807) is 59.9 Å². The van der Waals surface area contributed by atoms with Crippen LogP contribution in [0.25, 0.3) is 43.1 Å². The predicted octanol–water partition coefficient (Wildman–Crippen LogP) is 11.6. The lowest BCUT2D eigenvalue weighted by atomic mass is 9.91. The lowest BCUT2D eigenvalue weighted by molar-refractivity contribution is 0.0276. The Morgan fingerprint density at radius 3 is 0.841 bits per heavy atom. The third-order valence-electron chi connectivity index (χ3n) is 11.0. The van der Waals surface area contributed by atoms with Gasteiger partial charge < -0.3 is 29.1 Å². The summed E-state index contributed by atoms with van der Waals surface area (Å²) in [6.45, 7) is 12.5. The summed E-state index contributed by atoms with van der Waals surface area (Å²) in [4.78, 5) is 61.9. The van der Waals surface area contributed by atoms with Gasteiger partial charge in [-0.1, -0.05) is 97.1 Å². The highest BCUT2D eigenvalue weighted by Gasteiger charge is 2.26. The lowest BCUT2D eigenvalue weighted by Crippen LogP contribution is -2.34. The van der Waals surface area contributed by atoms with Crippen LogP contribution in [-0.2, 0) is 35.7 Å². The second-order valence-corrected chi connectivity index (χ2v) is 19.3. The fourth-order valence-electron chi connectivity index (χ4n) is 8.14. The van der Waals surface area contributed by atoms with Crippen molar-refractivity contribution >= 4 is 78.4 Å². The van der Waals surface area contributed by atoms with Crippen molar-refractivity contribution in [3.05, 3.63) is 141 Å². The topological polar surface area (TPSA) is 99.7 Å². The van der Waals surface area contributed by atoms with Gasteiger partial charge in [-0.3, -0.25) is 9.59 Å². The quantitative estimate of drug-likeness (QED) is 0.127. The van der Waals surface area contributed by atoms with Gasteiger partial charge in [0, 0.05) is 54.4 Å². The molecule has 4 amide bonds. The molecule has 1 aromatic heterocycles. The van der Waals surface area contributed by atoms with Gasteiger partial charge in [-0.25, -0.2) is 9.59 Å². The third-order valence-corrected chi connectivity index (χ3v) is 12.1. The van der Waals surface area contributed by atoms with Crippen LogP contribution in [0.4, 0.5) is 9.59 Å². The first-order valence-corrected chi connectivity index (χ1v) is 21.9. The van der Waals surface area contributed by atoms with Gasteiger partial charge in [-0.15, -0.1) is 11.3 Å². The molecule has 326 valence electrons. The van der Waals surface area contributed by atoms with Crippen molar-refractivity contribution in [3.8, 4) is 0 Å². The summed E-state index contributed by atoms with van der Waals surface area (Å²) in [6.07, 6.45) is -0.801. The molecule has 0 aliphatic heterocycles. The SMILES string of the molecule is CN(Cc1c2ccccc2c(CN(C)C(=O)c2ccc(C(=O)N(C)Cc3c4ccccc4c(CN(C)C(=O)OC(C)(C)C)c4ccccc34)s2)c2ccccc12)C(=O)OC(C)(C)C. The van der Waals surface area contributed by atoms with Crippen molar-refractivity contribution in [3.63, 3.8) is 0 Å². The van der Waals surface area contributed by atoms with Crippen LogP contribution in [0.2, 0.25) is 0 Å². The smallest absolute Gasteiger partial charge is 0.410 e. The number of carbonyl (C=O) groups is 4. The molecule has 0 N–H and O–H groups in total. The summed E-state index contributed by atoms with van der Waals surface area (Å²) in [5, 5.41) is 7.97. The molecule has 0 saturated heterocycles. The van der Waals surface area contributed by atoms with Crippen molar-refractivity contribution in [1.29, 1.82) is 0 Å². The summed E-state index contributed by atoms with van der Waals surface area (Å²) in [5.74, 6) is -0.375. The van der Waals surface area contributed by atoms with Crippen LogP contribution in [0.1, 0.15) is 83.1 Å². The molecule has 0 saturated carbocycles. The van der Waals surface area contributed by atoms with Gasteiger partial charge in [-0.05, 0) is 119 Å². The minimum Gasteiger partial charge on any atom is -0.444 e. The number of carbonyl (C=O) groups excluding carboxylic acids is 4. The largest absolute Gasteiger partial charge is 0.444 e. The van der Waals surface area contributed by atoms with Crippen LogP contribution in [0, 0.1) is 0 Å². The van der Waals surface area contributed by atoms with E-state index in [4.69, 9.17) is 9.47 Å². The zero-order valence-electron chi connectivity index (χ0n) is 37.9. The van der Waals surface area contributed by atoms with Crippen molar-refractivity contribution in [2.75, 3.05) is 28.2 Å². The molecule has 7 aromatic rings. The van der Waals surface area contributed by atoms with Crippen molar-refractivity contribution < 1.29 is 28.7 Å². The molecule has 0 spiro atoms. The number of fused-ring (bicyclic) bond motifs is 4. The predicted molar refractivity (Wildman–Crippen MR) is 254 cm³/mol. The molecular weight excluding hydrogens is 809 g/mol. The maximum Gasteiger partial charge on any atom is 0.410 e. The van der Waals surface area contributed by atoms with Gasteiger partial charge in [0.05, 0.1) is 9.75 Å². The first kappa shape index (κ1) is 44.6. The Labute approximate surface area is 373 Å². The third kappa shape index (κ3) is 9.64. The standard InChI is InChI=1S/C52H56N4O6S/c1-51(2,3)61-49(59)55(9)31-43-37-23-15-11-19-33(37)41(34-20-12-16-24-38(34)43)29-53(7)47(57)45-27-28-46(63-45)48(58)54(8)30-42-35-21-13-17-25-39(35)44(40-26-18-14-22-36(40)42)32-56(10)50(60)62-52(4,5)6/h11-28H,29-32H2,1-10H3. The molecule has 0 aliphatic carbocycles. The molecule has 0 radical (unpaired) electrons. The zero-order valence-corrected chi connectivity index (χ0v) is 38.7. The summed E-state index contributed by atoms with van der Waals surface area (Å²) in [5.41, 5.74) is 2.75. The van der Waals surface area contributed by atoms with E-state index in [-0.39, 0.29) is 11.8 Å². The van der Waals surface area contributed by atoms with Crippen LogP contribution in [0.15, 0.2) is 109 Å². The molecule has 10 nitrogen and oxygen atoms in total. The monoisotopic (exact) mass is 864 g/mol. The van der Waals surface area contributed by atoms with Gasteiger partial charge >= 0.3 is 12.2 Å².